The molecule has 0 N–H and O–H groups in total. The van der Waals surface area contributed by atoms with Crippen molar-refractivity contribution in [3.63, 3.8) is 0 Å². The summed E-state index contributed by atoms with van der Waals surface area (Å²) in [7, 11) is 3.36. The van der Waals surface area contributed by atoms with Gasteiger partial charge in [-0.2, -0.15) is 0 Å². The molecule has 0 unspecified atom stereocenters. The summed E-state index contributed by atoms with van der Waals surface area (Å²) < 4.78 is 10.7. The molecule has 18 heavy (non-hydrogen) atoms. The number of ether oxygens (including phenoxy) is 2. The smallest absolute Gasteiger partial charge is 0.161 e. The molecule has 0 fully saturated rings. The molecule has 0 aromatic heterocycles. The Labute approximate surface area is 109 Å². The molecule has 0 amide bonds. The van der Waals surface area contributed by atoms with Gasteiger partial charge >= 0.3 is 0 Å². The Morgan fingerprint density at radius 2 is 2.00 bits per heavy atom. The van der Waals surface area contributed by atoms with Gasteiger partial charge in [0.1, 0.15) is 0 Å². The molecule has 98 valence electrons. The van der Waals surface area contributed by atoms with Crippen LogP contribution in [0.2, 0.25) is 0 Å². The molecule has 3 heteroatoms. The predicted octanol–water partition coefficient (Wildman–Crippen LogP) is 2.81. The van der Waals surface area contributed by atoms with Gasteiger partial charge in [-0.1, -0.05) is 6.08 Å². The predicted molar refractivity (Wildman–Crippen MR) is 73.4 cm³/mol. The fraction of sp³-hybridized carbons (Fsp3) is 0.467. The molecule has 0 aliphatic carbocycles. The summed E-state index contributed by atoms with van der Waals surface area (Å²) in [6, 6.07) is 4.61. The van der Waals surface area contributed by atoms with Crippen LogP contribution in [0.1, 0.15) is 24.1 Å². The SMILES string of the molecule is C=CCN1CCc2cc(OC)c(OC)cc2[C@@H]1C. The molecule has 3 nitrogen and oxygen atoms in total. The first-order chi connectivity index (χ1) is 8.71. The van der Waals surface area contributed by atoms with Crippen LogP contribution in [-0.4, -0.2) is 32.2 Å². The number of methoxy groups -OCH3 is 2. The lowest BCUT2D eigenvalue weighted by Crippen LogP contribution is -2.34. The summed E-state index contributed by atoms with van der Waals surface area (Å²) in [6.07, 6.45) is 3.01. The van der Waals surface area contributed by atoms with Crippen molar-refractivity contribution in [2.24, 2.45) is 0 Å². The molecule has 0 saturated heterocycles. The van der Waals surface area contributed by atoms with Crippen molar-refractivity contribution < 1.29 is 9.47 Å². The molecular formula is C15H21NO2. The Bertz CT molecular complexity index is 442. The summed E-state index contributed by atoms with van der Waals surface area (Å²) in [5.74, 6) is 1.63. The van der Waals surface area contributed by atoms with Crippen LogP contribution in [0, 0.1) is 0 Å². The van der Waals surface area contributed by atoms with Crippen molar-refractivity contribution in [2.75, 3.05) is 27.3 Å². The van der Waals surface area contributed by atoms with Crippen molar-refractivity contribution in [3.8, 4) is 11.5 Å². The van der Waals surface area contributed by atoms with Crippen LogP contribution in [0.25, 0.3) is 0 Å². The van der Waals surface area contributed by atoms with Gasteiger partial charge in [-0.3, -0.25) is 4.90 Å². The molecule has 0 bridgehead atoms. The van der Waals surface area contributed by atoms with Crippen LogP contribution < -0.4 is 9.47 Å². The average Bonchev–Trinajstić information content (AvgIpc) is 2.41. The number of hydrogen-bond acceptors (Lipinski definition) is 3. The first-order valence-electron chi connectivity index (χ1n) is 6.31. The minimum atomic E-state index is 0.395. The van der Waals surface area contributed by atoms with E-state index in [1.165, 1.54) is 11.1 Å². The first-order valence-corrected chi connectivity index (χ1v) is 6.31. The number of nitrogens with zero attached hydrogens (tertiary/aromatic N) is 1. The van der Waals surface area contributed by atoms with Crippen LogP contribution in [-0.2, 0) is 6.42 Å². The molecule has 0 saturated carbocycles. The number of benzene rings is 1. The maximum Gasteiger partial charge on any atom is 0.161 e. The van der Waals surface area contributed by atoms with Crippen LogP contribution >= 0.6 is 0 Å². The summed E-state index contributed by atoms with van der Waals surface area (Å²) in [5.41, 5.74) is 2.70. The minimum absolute atomic E-state index is 0.395. The molecule has 1 heterocycles. The second kappa shape index (κ2) is 5.44. The van der Waals surface area contributed by atoms with Gasteiger partial charge in [-0.15, -0.1) is 6.58 Å². The molecule has 0 radical (unpaired) electrons. The Morgan fingerprint density at radius 1 is 1.33 bits per heavy atom. The van der Waals surface area contributed by atoms with E-state index in [0.717, 1.165) is 31.0 Å². The highest BCUT2D eigenvalue weighted by atomic mass is 16.5. The topological polar surface area (TPSA) is 21.7 Å². The third kappa shape index (κ3) is 2.23. The van der Waals surface area contributed by atoms with Crippen molar-refractivity contribution in [3.05, 3.63) is 35.9 Å². The van der Waals surface area contributed by atoms with Gasteiger partial charge < -0.3 is 9.47 Å². The van der Waals surface area contributed by atoms with Gasteiger partial charge in [-0.05, 0) is 36.6 Å². The zero-order chi connectivity index (χ0) is 13.1. The third-order valence-corrected chi connectivity index (χ3v) is 3.68. The summed E-state index contributed by atoms with van der Waals surface area (Å²) in [6.45, 7) is 8.04. The molecule has 1 aromatic carbocycles. The van der Waals surface area contributed by atoms with E-state index in [2.05, 4.69) is 30.5 Å². The van der Waals surface area contributed by atoms with E-state index in [-0.39, 0.29) is 0 Å². The van der Waals surface area contributed by atoms with Crippen molar-refractivity contribution in [2.45, 2.75) is 19.4 Å². The zero-order valence-electron chi connectivity index (χ0n) is 11.4. The van der Waals surface area contributed by atoms with E-state index >= 15 is 0 Å². The van der Waals surface area contributed by atoms with Crippen molar-refractivity contribution in [1.82, 2.24) is 4.90 Å². The molecule has 1 aliphatic heterocycles. The molecule has 1 aliphatic rings. The van der Waals surface area contributed by atoms with E-state index in [9.17, 15) is 0 Å². The molecule has 2 rings (SSSR count). The average molecular weight is 247 g/mol. The Morgan fingerprint density at radius 3 is 2.61 bits per heavy atom. The summed E-state index contributed by atoms with van der Waals surface area (Å²) in [5, 5.41) is 0. The highest BCUT2D eigenvalue weighted by Gasteiger charge is 2.24. The Balaban J connectivity index is 2.38. The maximum atomic E-state index is 5.38. The van der Waals surface area contributed by atoms with Crippen LogP contribution in [0.3, 0.4) is 0 Å². The normalized spacial score (nSPS) is 19.2. The van der Waals surface area contributed by atoms with Crippen molar-refractivity contribution in [1.29, 1.82) is 0 Å². The second-order valence-electron chi connectivity index (χ2n) is 4.62. The number of hydrogen-bond donors (Lipinski definition) is 0. The van der Waals surface area contributed by atoms with Crippen LogP contribution in [0.15, 0.2) is 24.8 Å². The maximum absolute atomic E-state index is 5.38. The minimum Gasteiger partial charge on any atom is -0.493 e. The van der Waals surface area contributed by atoms with Gasteiger partial charge in [0, 0.05) is 19.1 Å². The number of fused-ring (bicyclic) bond motifs is 1. The zero-order valence-corrected chi connectivity index (χ0v) is 11.4. The van der Waals surface area contributed by atoms with E-state index in [4.69, 9.17) is 9.47 Å². The van der Waals surface area contributed by atoms with E-state index < -0.39 is 0 Å². The fourth-order valence-corrected chi connectivity index (χ4v) is 2.61. The largest absolute Gasteiger partial charge is 0.493 e. The highest BCUT2D eigenvalue weighted by Crippen LogP contribution is 2.37. The highest BCUT2D eigenvalue weighted by molar-refractivity contribution is 5.49. The Kier molecular flexibility index (Phi) is 3.92. The second-order valence-corrected chi connectivity index (χ2v) is 4.62. The van der Waals surface area contributed by atoms with E-state index in [0.29, 0.717) is 6.04 Å². The van der Waals surface area contributed by atoms with Crippen molar-refractivity contribution >= 4 is 0 Å². The Hall–Kier alpha value is -1.48. The van der Waals surface area contributed by atoms with Gasteiger partial charge in [0.25, 0.3) is 0 Å². The third-order valence-electron chi connectivity index (χ3n) is 3.68. The summed E-state index contributed by atoms with van der Waals surface area (Å²) >= 11 is 0. The van der Waals surface area contributed by atoms with Gasteiger partial charge in [0.05, 0.1) is 14.2 Å². The molecular weight excluding hydrogens is 226 g/mol. The van der Waals surface area contributed by atoms with Crippen LogP contribution in [0.4, 0.5) is 0 Å². The van der Waals surface area contributed by atoms with Gasteiger partial charge in [0.2, 0.25) is 0 Å². The van der Waals surface area contributed by atoms with E-state index in [1.807, 2.05) is 6.08 Å². The molecule has 0 spiro atoms. The number of rotatable bonds is 4. The fourth-order valence-electron chi connectivity index (χ4n) is 2.61. The standard InChI is InChI=1S/C15H21NO2/c1-5-7-16-8-6-12-9-14(17-3)15(18-4)10-13(12)11(16)2/h5,9-11H,1,6-8H2,2-4H3/t11-/m0/s1. The monoisotopic (exact) mass is 247 g/mol. The quantitative estimate of drug-likeness (QED) is 0.764. The first kappa shape index (κ1) is 13.0. The van der Waals surface area contributed by atoms with Gasteiger partial charge in [-0.25, -0.2) is 0 Å². The lowest BCUT2D eigenvalue weighted by molar-refractivity contribution is 0.220. The van der Waals surface area contributed by atoms with E-state index in [1.54, 1.807) is 14.2 Å². The summed E-state index contributed by atoms with van der Waals surface area (Å²) in [4.78, 5) is 2.42. The van der Waals surface area contributed by atoms with Crippen LogP contribution in [0.5, 0.6) is 11.5 Å². The lowest BCUT2D eigenvalue weighted by atomic mass is 9.93. The molecule has 1 aromatic rings. The van der Waals surface area contributed by atoms with Gasteiger partial charge in [0.15, 0.2) is 11.5 Å². The lowest BCUT2D eigenvalue weighted by Gasteiger charge is -2.35. The molecule has 1 atom stereocenters.